The van der Waals surface area contributed by atoms with Gasteiger partial charge in [-0.3, -0.25) is 4.68 Å². The minimum Gasteiger partial charge on any atom is -0.313 e. The zero-order valence-electron chi connectivity index (χ0n) is 12.5. The van der Waals surface area contributed by atoms with Crippen molar-refractivity contribution in [2.45, 2.75) is 39.3 Å². The van der Waals surface area contributed by atoms with Gasteiger partial charge in [-0.1, -0.05) is 17.7 Å². The number of nitrogens with zero attached hydrogens (tertiary/aromatic N) is 2. The Morgan fingerprint density at radius 2 is 2.05 bits per heavy atom. The molecule has 0 fully saturated rings. The van der Waals surface area contributed by atoms with Crippen LogP contribution in [-0.2, 0) is 6.42 Å². The highest BCUT2D eigenvalue weighted by Gasteiger charge is 2.13. The van der Waals surface area contributed by atoms with Gasteiger partial charge in [0.1, 0.15) is 0 Å². The lowest BCUT2D eigenvalue weighted by Crippen LogP contribution is -2.19. The number of likely N-dealkylation sites (N-methyl/N-ethyl adjacent to an activating group) is 1. The van der Waals surface area contributed by atoms with Gasteiger partial charge in [0.15, 0.2) is 0 Å². The van der Waals surface area contributed by atoms with Crippen molar-refractivity contribution in [3.05, 3.63) is 52.3 Å². The molecule has 1 unspecified atom stereocenters. The van der Waals surface area contributed by atoms with E-state index in [9.17, 15) is 0 Å². The van der Waals surface area contributed by atoms with Crippen LogP contribution in [0.5, 0.6) is 0 Å². The van der Waals surface area contributed by atoms with E-state index >= 15 is 0 Å². The summed E-state index contributed by atoms with van der Waals surface area (Å²) in [6.45, 7) is 6.33. The SMILES string of the molecule is CNC(Cc1ccn(C(C)C)n1)c1cc(C)cc(Cl)c1. The highest BCUT2D eigenvalue weighted by atomic mass is 35.5. The van der Waals surface area contributed by atoms with E-state index in [1.165, 1.54) is 11.1 Å². The number of hydrogen-bond acceptors (Lipinski definition) is 2. The highest BCUT2D eigenvalue weighted by molar-refractivity contribution is 6.30. The second-order valence-electron chi connectivity index (χ2n) is 5.49. The minimum absolute atomic E-state index is 0.225. The summed E-state index contributed by atoms with van der Waals surface area (Å²) in [4.78, 5) is 0. The zero-order chi connectivity index (χ0) is 14.7. The number of rotatable bonds is 5. The molecule has 0 aliphatic carbocycles. The van der Waals surface area contributed by atoms with Crippen LogP contribution in [0.25, 0.3) is 0 Å². The maximum Gasteiger partial charge on any atom is 0.0643 e. The number of hydrogen-bond donors (Lipinski definition) is 1. The number of benzene rings is 1. The highest BCUT2D eigenvalue weighted by Crippen LogP contribution is 2.23. The topological polar surface area (TPSA) is 29.9 Å². The second kappa shape index (κ2) is 6.42. The Hall–Kier alpha value is -1.32. The Bertz CT molecular complexity index is 555. The first-order valence-electron chi connectivity index (χ1n) is 6.98. The lowest BCUT2D eigenvalue weighted by Gasteiger charge is -2.16. The molecule has 1 atom stereocenters. The normalized spacial score (nSPS) is 12.9. The van der Waals surface area contributed by atoms with Crippen LogP contribution in [0.1, 0.15) is 42.8 Å². The molecule has 4 heteroatoms. The molecule has 0 aliphatic rings. The van der Waals surface area contributed by atoms with Crippen LogP contribution in [0, 0.1) is 6.92 Å². The van der Waals surface area contributed by atoms with Crippen LogP contribution in [0.4, 0.5) is 0 Å². The molecule has 1 aromatic carbocycles. The van der Waals surface area contributed by atoms with Crippen molar-refractivity contribution >= 4 is 11.6 Å². The molecule has 0 amide bonds. The van der Waals surface area contributed by atoms with E-state index in [2.05, 4.69) is 43.3 Å². The summed E-state index contributed by atoms with van der Waals surface area (Å²) in [5.74, 6) is 0. The third-order valence-corrected chi connectivity index (χ3v) is 3.64. The van der Waals surface area contributed by atoms with Crippen molar-refractivity contribution in [2.24, 2.45) is 0 Å². The van der Waals surface area contributed by atoms with Gasteiger partial charge in [-0.2, -0.15) is 5.10 Å². The lowest BCUT2D eigenvalue weighted by atomic mass is 10.0. The average Bonchev–Trinajstić information content (AvgIpc) is 2.83. The Balaban J connectivity index is 2.19. The van der Waals surface area contributed by atoms with Crippen LogP contribution < -0.4 is 5.32 Å². The predicted octanol–water partition coefficient (Wildman–Crippen LogP) is 3.93. The third-order valence-electron chi connectivity index (χ3n) is 3.42. The Labute approximate surface area is 126 Å². The molecule has 0 aliphatic heterocycles. The van der Waals surface area contributed by atoms with Crippen molar-refractivity contribution in [1.29, 1.82) is 0 Å². The summed E-state index contributed by atoms with van der Waals surface area (Å²) in [7, 11) is 1.97. The summed E-state index contributed by atoms with van der Waals surface area (Å²) < 4.78 is 1.99. The Morgan fingerprint density at radius 1 is 1.30 bits per heavy atom. The van der Waals surface area contributed by atoms with Crippen molar-refractivity contribution in [2.75, 3.05) is 7.05 Å². The molecule has 2 aromatic rings. The molecule has 2 rings (SSSR count). The Kier molecular flexibility index (Phi) is 4.84. The molecule has 1 heterocycles. The average molecular weight is 292 g/mol. The minimum atomic E-state index is 0.225. The van der Waals surface area contributed by atoms with Crippen LogP contribution in [0.15, 0.2) is 30.5 Å². The quantitative estimate of drug-likeness (QED) is 0.904. The van der Waals surface area contributed by atoms with E-state index in [0.717, 1.165) is 17.1 Å². The molecule has 0 saturated carbocycles. The van der Waals surface area contributed by atoms with Crippen LogP contribution in [0.3, 0.4) is 0 Å². The molecule has 108 valence electrons. The summed E-state index contributed by atoms with van der Waals surface area (Å²) in [5.41, 5.74) is 3.48. The van der Waals surface area contributed by atoms with Gasteiger partial charge >= 0.3 is 0 Å². The van der Waals surface area contributed by atoms with E-state index in [-0.39, 0.29) is 6.04 Å². The van der Waals surface area contributed by atoms with E-state index in [0.29, 0.717) is 6.04 Å². The van der Waals surface area contributed by atoms with E-state index in [1.54, 1.807) is 0 Å². The number of halogens is 1. The van der Waals surface area contributed by atoms with Gasteiger partial charge in [0.2, 0.25) is 0 Å². The van der Waals surface area contributed by atoms with Gasteiger partial charge < -0.3 is 5.32 Å². The van der Waals surface area contributed by atoms with Crippen LogP contribution in [-0.4, -0.2) is 16.8 Å². The van der Waals surface area contributed by atoms with Gasteiger partial charge in [0, 0.05) is 29.7 Å². The van der Waals surface area contributed by atoms with E-state index < -0.39 is 0 Å². The van der Waals surface area contributed by atoms with Gasteiger partial charge in [-0.15, -0.1) is 0 Å². The first-order valence-corrected chi connectivity index (χ1v) is 7.35. The first kappa shape index (κ1) is 15.1. The van der Waals surface area contributed by atoms with Gasteiger partial charge in [0.25, 0.3) is 0 Å². The molecule has 0 saturated heterocycles. The molecule has 3 nitrogen and oxygen atoms in total. The first-order chi connectivity index (χ1) is 9.49. The van der Waals surface area contributed by atoms with Gasteiger partial charge in [0.05, 0.1) is 5.69 Å². The molecule has 1 aromatic heterocycles. The van der Waals surface area contributed by atoms with E-state index in [4.69, 9.17) is 11.6 Å². The number of aryl methyl sites for hydroxylation is 1. The molecule has 1 N–H and O–H groups in total. The maximum absolute atomic E-state index is 6.15. The summed E-state index contributed by atoms with van der Waals surface area (Å²) in [6, 6.07) is 8.88. The zero-order valence-corrected chi connectivity index (χ0v) is 13.3. The standard InChI is InChI=1S/C16H22ClN3/c1-11(2)20-6-5-15(19-20)10-16(18-4)13-7-12(3)8-14(17)9-13/h5-9,11,16,18H,10H2,1-4H3. The van der Waals surface area contributed by atoms with Crippen molar-refractivity contribution in [1.82, 2.24) is 15.1 Å². The number of nitrogens with one attached hydrogen (secondary N) is 1. The monoisotopic (exact) mass is 291 g/mol. The van der Waals surface area contributed by atoms with Gasteiger partial charge in [-0.25, -0.2) is 0 Å². The predicted molar refractivity (Wildman–Crippen MR) is 84.3 cm³/mol. The van der Waals surface area contributed by atoms with E-state index in [1.807, 2.05) is 30.1 Å². The van der Waals surface area contributed by atoms with Crippen LogP contribution >= 0.6 is 11.6 Å². The Morgan fingerprint density at radius 3 is 2.60 bits per heavy atom. The fourth-order valence-corrected chi connectivity index (χ4v) is 2.63. The summed E-state index contributed by atoms with van der Waals surface area (Å²) in [5, 5.41) is 8.75. The second-order valence-corrected chi connectivity index (χ2v) is 5.92. The molecule has 0 radical (unpaired) electrons. The molecule has 20 heavy (non-hydrogen) atoms. The van der Waals surface area contributed by atoms with Crippen molar-refractivity contribution in [3.8, 4) is 0 Å². The lowest BCUT2D eigenvalue weighted by molar-refractivity contribution is 0.515. The maximum atomic E-state index is 6.15. The number of aromatic nitrogens is 2. The van der Waals surface area contributed by atoms with Gasteiger partial charge in [-0.05, 0) is 57.1 Å². The molecule has 0 bridgehead atoms. The fraction of sp³-hybridized carbons (Fsp3) is 0.438. The van der Waals surface area contributed by atoms with Crippen molar-refractivity contribution < 1.29 is 0 Å². The molecule has 0 spiro atoms. The third kappa shape index (κ3) is 3.62. The summed E-state index contributed by atoms with van der Waals surface area (Å²) >= 11 is 6.15. The molecular weight excluding hydrogens is 270 g/mol. The smallest absolute Gasteiger partial charge is 0.0643 e. The van der Waals surface area contributed by atoms with Crippen LogP contribution in [0.2, 0.25) is 5.02 Å². The summed E-state index contributed by atoms with van der Waals surface area (Å²) in [6.07, 6.45) is 2.89. The van der Waals surface area contributed by atoms with Crippen molar-refractivity contribution in [3.63, 3.8) is 0 Å². The largest absolute Gasteiger partial charge is 0.313 e. The fourth-order valence-electron chi connectivity index (χ4n) is 2.34. The molecular formula is C16H22ClN3.